The molecular formula is C17H29NO. The highest BCUT2D eigenvalue weighted by Crippen LogP contribution is 2.28. The van der Waals surface area contributed by atoms with Crippen molar-refractivity contribution in [2.24, 2.45) is 0 Å². The van der Waals surface area contributed by atoms with Crippen molar-refractivity contribution in [3.05, 3.63) is 29.8 Å². The zero-order valence-electron chi connectivity index (χ0n) is 13.1. The summed E-state index contributed by atoms with van der Waals surface area (Å²) in [4.78, 5) is 0. The number of rotatable bonds is 7. The average Bonchev–Trinajstić information content (AvgIpc) is 2.36. The van der Waals surface area contributed by atoms with Gasteiger partial charge < -0.3 is 10.1 Å². The molecule has 0 amide bonds. The van der Waals surface area contributed by atoms with Gasteiger partial charge in [0.05, 0.1) is 6.61 Å². The minimum absolute atomic E-state index is 0.189. The molecular weight excluding hydrogens is 234 g/mol. The molecule has 0 bridgehead atoms. The van der Waals surface area contributed by atoms with Crippen LogP contribution in [0.4, 0.5) is 0 Å². The van der Waals surface area contributed by atoms with Crippen molar-refractivity contribution in [2.75, 3.05) is 13.2 Å². The summed E-state index contributed by atoms with van der Waals surface area (Å²) in [7, 11) is 0. The highest BCUT2D eigenvalue weighted by Gasteiger charge is 2.10. The van der Waals surface area contributed by atoms with Gasteiger partial charge in [0.15, 0.2) is 0 Å². The van der Waals surface area contributed by atoms with E-state index in [9.17, 15) is 0 Å². The molecule has 0 spiro atoms. The van der Waals surface area contributed by atoms with Gasteiger partial charge in [0.1, 0.15) is 5.75 Å². The molecule has 0 aliphatic heterocycles. The van der Waals surface area contributed by atoms with Crippen LogP contribution >= 0.6 is 0 Å². The predicted octanol–water partition coefficient (Wildman–Crippen LogP) is 4.36. The summed E-state index contributed by atoms with van der Waals surface area (Å²) in [5.74, 6) is 1.61. The maximum absolute atomic E-state index is 5.93. The summed E-state index contributed by atoms with van der Waals surface area (Å²) in [6.07, 6.45) is 2.18. The Bertz CT molecular complexity index is 368. The lowest BCUT2D eigenvalue weighted by Gasteiger charge is -2.21. The molecule has 1 N–H and O–H groups in total. The lowest BCUT2D eigenvalue weighted by molar-refractivity contribution is 0.294. The summed E-state index contributed by atoms with van der Waals surface area (Å²) in [5.41, 5.74) is 1.52. The van der Waals surface area contributed by atoms with Crippen LogP contribution in [0.1, 0.15) is 58.9 Å². The van der Waals surface area contributed by atoms with Crippen LogP contribution in [0.15, 0.2) is 24.3 Å². The van der Waals surface area contributed by atoms with Gasteiger partial charge >= 0.3 is 0 Å². The van der Waals surface area contributed by atoms with E-state index in [2.05, 4.69) is 64.2 Å². The van der Waals surface area contributed by atoms with Gasteiger partial charge in [-0.3, -0.25) is 0 Å². The molecule has 19 heavy (non-hydrogen) atoms. The van der Waals surface area contributed by atoms with Gasteiger partial charge in [0.2, 0.25) is 0 Å². The second-order valence-electron chi connectivity index (χ2n) is 6.23. The molecule has 1 aromatic rings. The molecule has 0 aromatic heterocycles. The third kappa shape index (κ3) is 6.11. The van der Waals surface area contributed by atoms with Gasteiger partial charge in [-0.1, -0.05) is 32.0 Å². The van der Waals surface area contributed by atoms with E-state index in [1.54, 1.807) is 0 Å². The lowest BCUT2D eigenvalue weighted by Crippen LogP contribution is -2.36. The Hall–Kier alpha value is -1.02. The average molecular weight is 263 g/mol. The second kappa shape index (κ2) is 7.54. The number of hydrogen-bond donors (Lipinski definition) is 1. The van der Waals surface area contributed by atoms with Crippen LogP contribution in [0.3, 0.4) is 0 Å². The fourth-order valence-electron chi connectivity index (χ4n) is 1.96. The van der Waals surface area contributed by atoms with Crippen LogP contribution in [0.5, 0.6) is 5.75 Å². The van der Waals surface area contributed by atoms with Gasteiger partial charge in [-0.2, -0.15) is 0 Å². The SMILES string of the molecule is CC[C@H](C)c1ccccc1OCCCNC(C)(C)C. The highest BCUT2D eigenvalue weighted by atomic mass is 16.5. The molecule has 1 atom stereocenters. The molecule has 1 rings (SSSR count). The minimum Gasteiger partial charge on any atom is -0.493 e. The van der Waals surface area contributed by atoms with Gasteiger partial charge in [0.25, 0.3) is 0 Å². The number of ether oxygens (including phenoxy) is 1. The van der Waals surface area contributed by atoms with E-state index in [1.807, 2.05) is 0 Å². The molecule has 0 unspecified atom stereocenters. The van der Waals surface area contributed by atoms with E-state index in [4.69, 9.17) is 4.74 Å². The number of para-hydroxylation sites is 1. The van der Waals surface area contributed by atoms with Crippen LogP contribution in [0.2, 0.25) is 0 Å². The van der Waals surface area contributed by atoms with Crippen LogP contribution in [0.25, 0.3) is 0 Å². The van der Waals surface area contributed by atoms with E-state index >= 15 is 0 Å². The molecule has 0 fully saturated rings. The first-order valence-electron chi connectivity index (χ1n) is 7.41. The van der Waals surface area contributed by atoms with Gasteiger partial charge in [0, 0.05) is 5.54 Å². The van der Waals surface area contributed by atoms with Crippen molar-refractivity contribution in [1.82, 2.24) is 5.32 Å². The van der Waals surface area contributed by atoms with Crippen molar-refractivity contribution >= 4 is 0 Å². The van der Waals surface area contributed by atoms with Crippen LogP contribution in [0, 0.1) is 0 Å². The van der Waals surface area contributed by atoms with Gasteiger partial charge in [-0.25, -0.2) is 0 Å². The standard InChI is InChI=1S/C17H29NO/c1-6-14(2)15-10-7-8-11-16(15)19-13-9-12-18-17(3,4)5/h7-8,10-11,14,18H,6,9,12-13H2,1-5H3/t14-/m0/s1. The molecule has 2 heteroatoms. The van der Waals surface area contributed by atoms with Crippen LogP contribution < -0.4 is 10.1 Å². The molecule has 0 aliphatic carbocycles. The summed E-state index contributed by atoms with van der Waals surface area (Å²) in [6, 6.07) is 8.40. The zero-order valence-corrected chi connectivity index (χ0v) is 13.1. The highest BCUT2D eigenvalue weighted by molar-refractivity contribution is 5.35. The summed E-state index contributed by atoms with van der Waals surface area (Å²) >= 11 is 0. The topological polar surface area (TPSA) is 21.3 Å². The Morgan fingerprint density at radius 3 is 2.53 bits per heavy atom. The molecule has 0 saturated heterocycles. The van der Waals surface area contributed by atoms with E-state index in [-0.39, 0.29) is 5.54 Å². The first-order chi connectivity index (χ1) is 8.94. The summed E-state index contributed by atoms with van der Waals surface area (Å²) in [5, 5.41) is 3.48. The van der Waals surface area contributed by atoms with Gasteiger partial charge in [-0.15, -0.1) is 0 Å². The Labute approximate surface area is 118 Å². The molecule has 2 nitrogen and oxygen atoms in total. The second-order valence-corrected chi connectivity index (χ2v) is 6.23. The fraction of sp³-hybridized carbons (Fsp3) is 0.647. The predicted molar refractivity (Wildman–Crippen MR) is 83.0 cm³/mol. The first-order valence-corrected chi connectivity index (χ1v) is 7.41. The maximum Gasteiger partial charge on any atom is 0.122 e. The normalized spacial score (nSPS) is 13.3. The zero-order chi connectivity index (χ0) is 14.3. The van der Waals surface area contributed by atoms with Crippen LogP contribution in [-0.2, 0) is 0 Å². The van der Waals surface area contributed by atoms with E-state index in [0.29, 0.717) is 5.92 Å². The van der Waals surface area contributed by atoms with Crippen molar-refractivity contribution in [3.63, 3.8) is 0 Å². The quantitative estimate of drug-likeness (QED) is 0.738. The number of benzene rings is 1. The third-order valence-corrected chi connectivity index (χ3v) is 3.30. The van der Waals surface area contributed by atoms with Crippen molar-refractivity contribution < 1.29 is 4.74 Å². The third-order valence-electron chi connectivity index (χ3n) is 3.30. The Morgan fingerprint density at radius 1 is 1.21 bits per heavy atom. The minimum atomic E-state index is 0.189. The largest absolute Gasteiger partial charge is 0.493 e. The van der Waals surface area contributed by atoms with E-state index in [0.717, 1.165) is 31.7 Å². The lowest BCUT2D eigenvalue weighted by atomic mass is 9.98. The van der Waals surface area contributed by atoms with E-state index in [1.165, 1.54) is 5.56 Å². The number of nitrogens with one attached hydrogen (secondary N) is 1. The molecule has 1 aromatic carbocycles. The smallest absolute Gasteiger partial charge is 0.122 e. The summed E-state index contributed by atoms with van der Waals surface area (Å²) < 4.78 is 5.93. The molecule has 0 radical (unpaired) electrons. The Morgan fingerprint density at radius 2 is 1.89 bits per heavy atom. The molecule has 108 valence electrons. The maximum atomic E-state index is 5.93. The summed E-state index contributed by atoms with van der Waals surface area (Å²) in [6.45, 7) is 12.8. The monoisotopic (exact) mass is 263 g/mol. The van der Waals surface area contributed by atoms with Crippen molar-refractivity contribution in [2.45, 2.75) is 58.9 Å². The Kier molecular flexibility index (Phi) is 6.36. The molecule has 0 saturated carbocycles. The number of hydrogen-bond acceptors (Lipinski definition) is 2. The van der Waals surface area contributed by atoms with Crippen LogP contribution in [-0.4, -0.2) is 18.7 Å². The van der Waals surface area contributed by atoms with Crippen molar-refractivity contribution in [3.8, 4) is 5.75 Å². The molecule has 0 aliphatic rings. The Balaban J connectivity index is 2.41. The van der Waals surface area contributed by atoms with E-state index < -0.39 is 0 Å². The fourth-order valence-corrected chi connectivity index (χ4v) is 1.96. The molecule has 0 heterocycles. The van der Waals surface area contributed by atoms with Crippen molar-refractivity contribution in [1.29, 1.82) is 0 Å². The first kappa shape index (κ1) is 16.0. The van der Waals surface area contributed by atoms with Gasteiger partial charge in [-0.05, 0) is 57.7 Å².